The number of hydrogen-bond donors (Lipinski definition) is 1. The standard InChI is InChI=1S/C23H31N3O/c1-3-25(17-20-7-5-4-6-8-20)18-23(27)24-21-9-11-22(12-10-21)26-15-13-19(2)14-16-26/h4-12,19H,3,13-18H2,1-2H3,(H,24,27). The van der Waals surface area contributed by atoms with Gasteiger partial charge in [0.1, 0.15) is 0 Å². The Hall–Kier alpha value is -2.33. The van der Waals surface area contributed by atoms with E-state index < -0.39 is 0 Å². The zero-order valence-corrected chi connectivity index (χ0v) is 16.5. The first kappa shape index (κ1) is 19.4. The third kappa shape index (κ3) is 5.83. The smallest absolute Gasteiger partial charge is 0.238 e. The van der Waals surface area contributed by atoms with Crippen LogP contribution in [0.25, 0.3) is 0 Å². The molecule has 1 saturated heterocycles. The van der Waals surface area contributed by atoms with E-state index in [-0.39, 0.29) is 5.91 Å². The molecule has 0 saturated carbocycles. The highest BCUT2D eigenvalue weighted by Crippen LogP contribution is 2.24. The van der Waals surface area contributed by atoms with E-state index in [2.05, 4.69) is 53.2 Å². The molecule has 1 aliphatic rings. The predicted octanol–water partition coefficient (Wildman–Crippen LogP) is 4.38. The SMILES string of the molecule is CCN(CC(=O)Nc1ccc(N2CCC(C)CC2)cc1)Cc1ccccc1. The number of nitrogens with one attached hydrogen (secondary N) is 1. The molecular weight excluding hydrogens is 334 g/mol. The summed E-state index contributed by atoms with van der Waals surface area (Å²) in [4.78, 5) is 17.0. The highest BCUT2D eigenvalue weighted by atomic mass is 16.2. The molecule has 0 radical (unpaired) electrons. The van der Waals surface area contributed by atoms with Crippen molar-refractivity contribution in [3.05, 3.63) is 60.2 Å². The third-order valence-corrected chi connectivity index (χ3v) is 5.36. The molecule has 2 aromatic carbocycles. The van der Waals surface area contributed by atoms with Gasteiger partial charge in [-0.3, -0.25) is 9.69 Å². The van der Waals surface area contributed by atoms with Gasteiger partial charge in [0.25, 0.3) is 0 Å². The van der Waals surface area contributed by atoms with E-state index in [0.29, 0.717) is 6.54 Å². The Bertz CT molecular complexity index is 706. The van der Waals surface area contributed by atoms with E-state index in [4.69, 9.17) is 0 Å². The summed E-state index contributed by atoms with van der Waals surface area (Å²) in [5.41, 5.74) is 3.34. The molecule has 1 fully saturated rings. The maximum Gasteiger partial charge on any atom is 0.238 e. The van der Waals surface area contributed by atoms with Crippen molar-refractivity contribution in [2.45, 2.75) is 33.2 Å². The third-order valence-electron chi connectivity index (χ3n) is 5.36. The Morgan fingerprint density at radius 2 is 1.74 bits per heavy atom. The lowest BCUT2D eigenvalue weighted by Gasteiger charge is -2.32. The van der Waals surface area contributed by atoms with E-state index in [1.807, 2.05) is 30.3 Å². The number of nitrogens with zero attached hydrogens (tertiary/aromatic N) is 2. The molecule has 4 heteroatoms. The summed E-state index contributed by atoms with van der Waals surface area (Å²) in [6.45, 7) is 8.69. The minimum atomic E-state index is 0.0346. The van der Waals surface area contributed by atoms with Gasteiger partial charge in [0.15, 0.2) is 0 Å². The Balaban J connectivity index is 1.51. The molecule has 0 unspecified atom stereocenters. The number of piperidine rings is 1. The van der Waals surface area contributed by atoms with E-state index in [1.165, 1.54) is 24.1 Å². The lowest BCUT2D eigenvalue weighted by Crippen LogP contribution is -2.33. The Morgan fingerprint density at radius 3 is 2.37 bits per heavy atom. The molecule has 0 aliphatic carbocycles. The van der Waals surface area contributed by atoms with Crippen molar-refractivity contribution in [3.63, 3.8) is 0 Å². The molecule has 2 aromatic rings. The topological polar surface area (TPSA) is 35.6 Å². The van der Waals surface area contributed by atoms with Gasteiger partial charge in [0.05, 0.1) is 6.54 Å². The van der Waals surface area contributed by atoms with Gasteiger partial charge in [0, 0.05) is 31.0 Å². The number of carbonyl (C=O) groups is 1. The molecule has 1 N–H and O–H groups in total. The number of benzene rings is 2. The van der Waals surface area contributed by atoms with Gasteiger partial charge in [-0.1, -0.05) is 44.2 Å². The second-order valence-electron chi connectivity index (χ2n) is 7.55. The lowest BCUT2D eigenvalue weighted by molar-refractivity contribution is -0.117. The average molecular weight is 366 g/mol. The van der Waals surface area contributed by atoms with Crippen LogP contribution in [-0.2, 0) is 11.3 Å². The zero-order valence-electron chi connectivity index (χ0n) is 16.5. The molecule has 0 bridgehead atoms. The summed E-state index contributed by atoms with van der Waals surface area (Å²) >= 11 is 0. The molecule has 0 spiro atoms. The molecule has 144 valence electrons. The van der Waals surface area contributed by atoms with Crippen molar-refractivity contribution < 1.29 is 4.79 Å². The summed E-state index contributed by atoms with van der Waals surface area (Å²) in [6.07, 6.45) is 2.51. The lowest BCUT2D eigenvalue weighted by atomic mass is 9.99. The largest absolute Gasteiger partial charge is 0.372 e. The van der Waals surface area contributed by atoms with Gasteiger partial charge in [0.2, 0.25) is 5.91 Å². The maximum absolute atomic E-state index is 12.4. The summed E-state index contributed by atoms with van der Waals surface area (Å²) in [6, 6.07) is 18.5. The summed E-state index contributed by atoms with van der Waals surface area (Å²) in [5.74, 6) is 0.865. The van der Waals surface area contributed by atoms with E-state index >= 15 is 0 Å². The van der Waals surface area contributed by atoms with Crippen LogP contribution in [0.3, 0.4) is 0 Å². The second kappa shape index (κ2) is 9.56. The van der Waals surface area contributed by atoms with E-state index in [0.717, 1.165) is 37.8 Å². The first-order chi connectivity index (χ1) is 13.1. The number of amides is 1. The average Bonchev–Trinajstić information content (AvgIpc) is 2.69. The van der Waals surface area contributed by atoms with Gasteiger partial charge in [-0.25, -0.2) is 0 Å². The molecule has 1 aliphatic heterocycles. The van der Waals surface area contributed by atoms with E-state index in [9.17, 15) is 4.79 Å². The van der Waals surface area contributed by atoms with Crippen LogP contribution in [-0.4, -0.2) is 37.0 Å². The van der Waals surface area contributed by atoms with Gasteiger partial charge in [-0.05, 0) is 55.1 Å². The number of rotatable bonds is 7. The monoisotopic (exact) mass is 365 g/mol. The second-order valence-corrected chi connectivity index (χ2v) is 7.55. The molecule has 1 heterocycles. The van der Waals surface area contributed by atoms with Crippen LogP contribution in [0.15, 0.2) is 54.6 Å². The Labute approximate surface area is 163 Å². The van der Waals surface area contributed by atoms with Crippen molar-refractivity contribution in [3.8, 4) is 0 Å². The first-order valence-corrected chi connectivity index (χ1v) is 10.0. The Kier molecular flexibility index (Phi) is 6.88. The van der Waals surface area contributed by atoms with Crippen molar-refractivity contribution >= 4 is 17.3 Å². The van der Waals surface area contributed by atoms with Crippen molar-refractivity contribution in [1.82, 2.24) is 4.90 Å². The number of likely N-dealkylation sites (N-methyl/N-ethyl adjacent to an activating group) is 1. The fraction of sp³-hybridized carbons (Fsp3) is 0.435. The van der Waals surface area contributed by atoms with Crippen LogP contribution in [0.4, 0.5) is 11.4 Å². The van der Waals surface area contributed by atoms with E-state index in [1.54, 1.807) is 0 Å². The normalized spacial score (nSPS) is 15.1. The van der Waals surface area contributed by atoms with Gasteiger partial charge in [-0.15, -0.1) is 0 Å². The van der Waals surface area contributed by atoms with Crippen molar-refractivity contribution in [1.29, 1.82) is 0 Å². The van der Waals surface area contributed by atoms with Gasteiger partial charge >= 0.3 is 0 Å². The number of carbonyl (C=O) groups excluding carboxylic acids is 1. The summed E-state index contributed by atoms with van der Waals surface area (Å²) < 4.78 is 0. The molecule has 4 nitrogen and oxygen atoms in total. The van der Waals surface area contributed by atoms with Crippen LogP contribution in [0.5, 0.6) is 0 Å². The van der Waals surface area contributed by atoms with Gasteiger partial charge < -0.3 is 10.2 Å². The minimum absolute atomic E-state index is 0.0346. The van der Waals surface area contributed by atoms with Crippen molar-refractivity contribution in [2.24, 2.45) is 5.92 Å². The van der Waals surface area contributed by atoms with Crippen LogP contribution < -0.4 is 10.2 Å². The van der Waals surface area contributed by atoms with Crippen LogP contribution >= 0.6 is 0 Å². The highest BCUT2D eigenvalue weighted by Gasteiger charge is 2.16. The molecule has 3 rings (SSSR count). The van der Waals surface area contributed by atoms with Crippen LogP contribution in [0.2, 0.25) is 0 Å². The van der Waals surface area contributed by atoms with Crippen LogP contribution in [0, 0.1) is 5.92 Å². The predicted molar refractivity (Wildman–Crippen MR) is 113 cm³/mol. The Morgan fingerprint density at radius 1 is 1.07 bits per heavy atom. The molecular formula is C23H31N3O. The first-order valence-electron chi connectivity index (χ1n) is 10.0. The maximum atomic E-state index is 12.4. The molecule has 0 atom stereocenters. The molecule has 1 amide bonds. The highest BCUT2D eigenvalue weighted by molar-refractivity contribution is 5.92. The summed E-state index contributed by atoms with van der Waals surface area (Å²) in [7, 11) is 0. The minimum Gasteiger partial charge on any atom is -0.372 e. The van der Waals surface area contributed by atoms with Gasteiger partial charge in [-0.2, -0.15) is 0 Å². The number of hydrogen-bond acceptors (Lipinski definition) is 3. The fourth-order valence-corrected chi connectivity index (χ4v) is 3.55. The van der Waals surface area contributed by atoms with Crippen molar-refractivity contribution in [2.75, 3.05) is 36.4 Å². The quantitative estimate of drug-likeness (QED) is 0.791. The zero-order chi connectivity index (χ0) is 19.1. The summed E-state index contributed by atoms with van der Waals surface area (Å²) in [5, 5.41) is 3.03. The van der Waals surface area contributed by atoms with Crippen LogP contribution in [0.1, 0.15) is 32.3 Å². The molecule has 0 aromatic heterocycles. The molecule has 27 heavy (non-hydrogen) atoms. The number of anilines is 2. The fourth-order valence-electron chi connectivity index (χ4n) is 3.55.